The second-order valence-corrected chi connectivity index (χ2v) is 9.86. The zero-order valence-corrected chi connectivity index (χ0v) is 20.8. The third-order valence-electron chi connectivity index (χ3n) is 5.03. The predicted molar refractivity (Wildman–Crippen MR) is 133 cm³/mol. The first-order chi connectivity index (χ1) is 16.5. The summed E-state index contributed by atoms with van der Waals surface area (Å²) in [7, 11) is -3.93. The predicted octanol–water partition coefficient (Wildman–Crippen LogP) is 3.43. The number of nitrogens with zero attached hydrogens (tertiary/aromatic N) is 1. The molecule has 3 N–H and O–H groups in total. The van der Waals surface area contributed by atoms with Crippen LogP contribution in [-0.4, -0.2) is 31.3 Å². The van der Waals surface area contributed by atoms with Crippen molar-refractivity contribution in [1.29, 1.82) is 0 Å². The van der Waals surface area contributed by atoms with Crippen LogP contribution in [0.4, 0.5) is 5.69 Å². The molecule has 0 aliphatic heterocycles. The van der Waals surface area contributed by atoms with E-state index in [2.05, 4.69) is 20.3 Å². The summed E-state index contributed by atoms with van der Waals surface area (Å²) < 4.78 is 33.4. The lowest BCUT2D eigenvalue weighted by atomic mass is 10.1. The Labute approximate surface area is 205 Å². The van der Waals surface area contributed by atoms with Gasteiger partial charge in [0.05, 0.1) is 10.9 Å². The molecule has 0 aliphatic carbocycles. The van der Waals surface area contributed by atoms with E-state index in [1.54, 1.807) is 18.3 Å². The number of anilines is 1. The molecule has 0 saturated carbocycles. The number of carbonyl (C=O) groups is 2. The number of rotatable bonds is 9. The lowest BCUT2D eigenvalue weighted by molar-refractivity contribution is -0.122. The van der Waals surface area contributed by atoms with Crippen LogP contribution >= 0.6 is 0 Å². The number of hydrogen-bond donors (Lipinski definition) is 3. The van der Waals surface area contributed by atoms with Crippen LogP contribution < -0.4 is 20.1 Å². The molecule has 1 heterocycles. The minimum Gasteiger partial charge on any atom is -0.439 e. The highest BCUT2D eigenvalue weighted by Gasteiger charge is 2.22. The normalized spacial score (nSPS) is 12.0. The molecule has 35 heavy (non-hydrogen) atoms. The van der Waals surface area contributed by atoms with Crippen LogP contribution in [0.1, 0.15) is 30.5 Å². The van der Waals surface area contributed by atoms with Gasteiger partial charge < -0.3 is 15.4 Å². The topological polar surface area (TPSA) is 126 Å². The lowest BCUT2D eigenvalue weighted by Crippen LogP contribution is -2.44. The molecule has 9 nitrogen and oxygen atoms in total. The monoisotopic (exact) mass is 496 g/mol. The molecule has 184 valence electrons. The zero-order chi connectivity index (χ0) is 25.6. The minimum atomic E-state index is -3.93. The highest BCUT2D eigenvalue weighted by atomic mass is 32.2. The quantitative estimate of drug-likeness (QED) is 0.417. The molecule has 2 amide bonds. The van der Waals surface area contributed by atoms with E-state index in [1.807, 2.05) is 32.0 Å². The summed E-state index contributed by atoms with van der Waals surface area (Å²) in [6.07, 6.45) is 1.59. The van der Waals surface area contributed by atoms with E-state index < -0.39 is 22.0 Å². The fourth-order valence-corrected chi connectivity index (χ4v) is 4.33. The average Bonchev–Trinajstić information content (AvgIpc) is 2.80. The van der Waals surface area contributed by atoms with Gasteiger partial charge in [-0.3, -0.25) is 9.59 Å². The molecular formula is C25H28N4O5S. The second kappa shape index (κ2) is 11.1. The van der Waals surface area contributed by atoms with E-state index in [4.69, 9.17) is 4.74 Å². The maximum absolute atomic E-state index is 12.6. The SMILES string of the molecule is CC(=O)Nc1ccc(S(=O)(=O)N[C@@H](C)C(=O)NCc2ccc(Oc3cc(C)ccc3C)nc2)cc1. The number of ether oxygens (including phenoxy) is 1. The van der Waals surface area contributed by atoms with Crippen molar-refractivity contribution in [1.82, 2.24) is 15.0 Å². The van der Waals surface area contributed by atoms with Gasteiger partial charge in [-0.2, -0.15) is 4.72 Å². The molecule has 10 heteroatoms. The standard InChI is InChI=1S/C25H28N4O5S/c1-16-5-6-17(2)23(13-16)34-24-12-7-20(14-26-24)15-27-25(31)18(3)29-35(32,33)22-10-8-21(9-11-22)28-19(4)30/h5-14,18,29H,15H2,1-4H3,(H,27,31)(H,28,30)/t18-/m0/s1. The van der Waals surface area contributed by atoms with E-state index in [0.717, 1.165) is 22.4 Å². The van der Waals surface area contributed by atoms with Crippen LogP contribution in [0.25, 0.3) is 0 Å². The molecule has 0 bridgehead atoms. The van der Waals surface area contributed by atoms with Gasteiger partial charge in [0.1, 0.15) is 5.75 Å². The first-order valence-electron chi connectivity index (χ1n) is 10.9. The summed E-state index contributed by atoms with van der Waals surface area (Å²) in [5, 5.41) is 5.26. The molecule has 3 aromatic rings. The Bertz CT molecular complexity index is 1310. The van der Waals surface area contributed by atoms with Gasteiger partial charge in [-0.25, -0.2) is 13.4 Å². The second-order valence-electron chi connectivity index (χ2n) is 8.14. The minimum absolute atomic E-state index is 0.0186. The van der Waals surface area contributed by atoms with Crippen molar-refractivity contribution in [3.63, 3.8) is 0 Å². The third kappa shape index (κ3) is 7.36. The summed E-state index contributed by atoms with van der Waals surface area (Å²) in [6.45, 7) is 6.92. The van der Waals surface area contributed by atoms with E-state index in [0.29, 0.717) is 11.6 Å². The van der Waals surface area contributed by atoms with Crippen molar-refractivity contribution in [2.24, 2.45) is 0 Å². The first-order valence-corrected chi connectivity index (χ1v) is 12.4. The van der Waals surface area contributed by atoms with Gasteiger partial charge in [0.2, 0.25) is 27.7 Å². The fourth-order valence-electron chi connectivity index (χ4n) is 3.12. The average molecular weight is 497 g/mol. The molecule has 0 saturated heterocycles. The van der Waals surface area contributed by atoms with Crippen LogP contribution in [0.3, 0.4) is 0 Å². The maximum atomic E-state index is 12.6. The van der Waals surface area contributed by atoms with Crippen LogP contribution in [0, 0.1) is 13.8 Å². The smallest absolute Gasteiger partial charge is 0.241 e. The van der Waals surface area contributed by atoms with Gasteiger partial charge in [-0.15, -0.1) is 0 Å². The van der Waals surface area contributed by atoms with Crippen molar-refractivity contribution in [2.45, 2.75) is 45.2 Å². The van der Waals surface area contributed by atoms with Gasteiger partial charge >= 0.3 is 0 Å². The van der Waals surface area contributed by atoms with Crippen molar-refractivity contribution in [3.8, 4) is 11.6 Å². The highest BCUT2D eigenvalue weighted by Crippen LogP contribution is 2.24. The van der Waals surface area contributed by atoms with Gasteiger partial charge in [-0.05, 0) is 67.8 Å². The number of benzene rings is 2. The van der Waals surface area contributed by atoms with Crippen molar-refractivity contribution in [2.75, 3.05) is 5.32 Å². The number of aromatic nitrogens is 1. The molecule has 0 spiro atoms. The van der Waals surface area contributed by atoms with Crippen molar-refractivity contribution in [3.05, 3.63) is 77.5 Å². The Morgan fingerprint density at radius 2 is 1.74 bits per heavy atom. The Hall–Kier alpha value is -3.76. The number of sulfonamides is 1. The molecule has 2 aromatic carbocycles. The largest absolute Gasteiger partial charge is 0.439 e. The van der Waals surface area contributed by atoms with Crippen LogP contribution in [0.15, 0.2) is 65.7 Å². The third-order valence-corrected chi connectivity index (χ3v) is 6.59. The van der Waals surface area contributed by atoms with E-state index >= 15 is 0 Å². The van der Waals surface area contributed by atoms with Crippen molar-refractivity contribution >= 4 is 27.5 Å². The molecular weight excluding hydrogens is 468 g/mol. The van der Waals surface area contributed by atoms with E-state index in [-0.39, 0.29) is 17.3 Å². The summed E-state index contributed by atoms with van der Waals surface area (Å²) in [6, 6.07) is 14.1. The van der Waals surface area contributed by atoms with Gasteiger partial charge in [0.15, 0.2) is 0 Å². The lowest BCUT2D eigenvalue weighted by Gasteiger charge is -2.15. The summed E-state index contributed by atoms with van der Waals surface area (Å²) in [5.41, 5.74) is 3.28. The number of nitrogens with one attached hydrogen (secondary N) is 3. The molecule has 1 atom stereocenters. The Morgan fingerprint density at radius 1 is 1.03 bits per heavy atom. The molecule has 0 unspecified atom stereocenters. The molecule has 0 aliphatic rings. The molecule has 0 radical (unpaired) electrons. The first kappa shape index (κ1) is 25.9. The number of hydrogen-bond acceptors (Lipinski definition) is 6. The number of amides is 2. The summed E-state index contributed by atoms with van der Waals surface area (Å²) in [5.74, 6) is 0.408. The van der Waals surface area contributed by atoms with Crippen LogP contribution in [0.2, 0.25) is 0 Å². The molecule has 1 aromatic heterocycles. The molecule has 3 rings (SSSR count). The van der Waals surface area contributed by atoms with E-state index in [1.165, 1.54) is 38.1 Å². The highest BCUT2D eigenvalue weighted by molar-refractivity contribution is 7.89. The Kier molecular flexibility index (Phi) is 8.21. The van der Waals surface area contributed by atoms with E-state index in [9.17, 15) is 18.0 Å². The number of aryl methyl sites for hydroxylation is 2. The van der Waals surface area contributed by atoms with Crippen LogP contribution in [-0.2, 0) is 26.2 Å². The maximum Gasteiger partial charge on any atom is 0.241 e. The van der Waals surface area contributed by atoms with Gasteiger partial charge in [0, 0.05) is 31.4 Å². The van der Waals surface area contributed by atoms with Gasteiger partial charge in [0.25, 0.3) is 0 Å². The molecule has 0 fully saturated rings. The van der Waals surface area contributed by atoms with Crippen molar-refractivity contribution < 1.29 is 22.7 Å². The zero-order valence-electron chi connectivity index (χ0n) is 20.0. The Morgan fingerprint density at radius 3 is 2.37 bits per heavy atom. The fraction of sp³-hybridized carbons (Fsp3) is 0.240. The Balaban J connectivity index is 1.54. The summed E-state index contributed by atoms with van der Waals surface area (Å²) >= 11 is 0. The van der Waals surface area contributed by atoms with Crippen LogP contribution in [0.5, 0.6) is 11.6 Å². The number of pyridine rings is 1. The summed E-state index contributed by atoms with van der Waals surface area (Å²) in [4.78, 5) is 27.8. The number of carbonyl (C=O) groups excluding carboxylic acids is 2. The van der Waals surface area contributed by atoms with Gasteiger partial charge in [-0.1, -0.05) is 18.2 Å².